The van der Waals surface area contributed by atoms with E-state index in [9.17, 15) is 14.7 Å². The van der Waals surface area contributed by atoms with E-state index in [-0.39, 0.29) is 34.2 Å². The van der Waals surface area contributed by atoms with Gasteiger partial charge < -0.3 is 25.0 Å². The molecule has 29 heavy (non-hydrogen) atoms. The standard InChI is InChI=1S/C21H26FN3O4/c1-21(2,23)11-6-7-24(9-11)17-15(22)8-13-16(19(17)29-3)25(12-4-5-12)10-14(18(13)26)20(27)28/h8,10-12H,4-7,9,23H2,1-3H3,(H,27,28)/t11-/m0/s1. The van der Waals surface area contributed by atoms with Crippen LogP contribution in [0.2, 0.25) is 0 Å². The molecule has 2 aromatic rings. The molecule has 1 aliphatic carbocycles. The Kier molecular flexibility index (Phi) is 4.57. The first-order valence-corrected chi connectivity index (χ1v) is 9.86. The third-order valence-electron chi connectivity index (χ3n) is 6.13. The molecule has 1 aromatic heterocycles. The molecule has 0 unspecified atom stereocenters. The number of hydrogen-bond donors (Lipinski definition) is 2. The van der Waals surface area contributed by atoms with Crippen LogP contribution in [0.15, 0.2) is 17.1 Å². The average molecular weight is 403 g/mol. The minimum atomic E-state index is -1.32. The fraction of sp³-hybridized carbons (Fsp3) is 0.524. The molecule has 2 heterocycles. The number of rotatable bonds is 5. The SMILES string of the molecule is COc1c(N2CC[C@H](C(C)(C)N)C2)c(F)cc2c(=O)c(C(=O)O)cn(C3CC3)c12. The maximum atomic E-state index is 15.3. The summed E-state index contributed by atoms with van der Waals surface area (Å²) in [5, 5.41) is 9.45. The zero-order valence-electron chi connectivity index (χ0n) is 16.9. The Morgan fingerprint density at radius 2 is 2.03 bits per heavy atom. The van der Waals surface area contributed by atoms with Crippen LogP contribution in [0, 0.1) is 11.7 Å². The van der Waals surface area contributed by atoms with Gasteiger partial charge in [-0.1, -0.05) is 0 Å². The van der Waals surface area contributed by atoms with Crippen molar-refractivity contribution in [3.05, 3.63) is 33.9 Å². The van der Waals surface area contributed by atoms with Crippen molar-refractivity contribution in [2.75, 3.05) is 25.1 Å². The molecule has 1 saturated heterocycles. The van der Waals surface area contributed by atoms with Crippen LogP contribution in [0.1, 0.15) is 49.5 Å². The van der Waals surface area contributed by atoms with Gasteiger partial charge in [0.2, 0.25) is 5.43 Å². The number of hydrogen-bond acceptors (Lipinski definition) is 5. The third kappa shape index (κ3) is 3.25. The highest BCUT2D eigenvalue weighted by molar-refractivity contribution is 5.97. The lowest BCUT2D eigenvalue weighted by molar-refractivity contribution is 0.0695. The van der Waals surface area contributed by atoms with Crippen molar-refractivity contribution < 1.29 is 19.0 Å². The molecule has 0 spiro atoms. The first-order chi connectivity index (χ1) is 13.6. The Morgan fingerprint density at radius 3 is 2.55 bits per heavy atom. The van der Waals surface area contributed by atoms with Gasteiger partial charge in [-0.15, -0.1) is 0 Å². The Labute approximate surface area is 167 Å². The van der Waals surface area contributed by atoms with Crippen molar-refractivity contribution in [3.8, 4) is 5.75 Å². The lowest BCUT2D eigenvalue weighted by Crippen LogP contribution is -2.42. The van der Waals surface area contributed by atoms with E-state index in [4.69, 9.17) is 10.5 Å². The van der Waals surface area contributed by atoms with E-state index in [2.05, 4.69) is 0 Å². The summed E-state index contributed by atoms with van der Waals surface area (Å²) in [4.78, 5) is 26.2. The number of carbonyl (C=O) groups is 1. The topological polar surface area (TPSA) is 97.8 Å². The number of benzene rings is 1. The molecule has 1 saturated carbocycles. The largest absolute Gasteiger partial charge is 0.492 e. The molecular formula is C21H26FN3O4. The van der Waals surface area contributed by atoms with Gasteiger partial charge in [-0.3, -0.25) is 4.79 Å². The molecule has 8 heteroatoms. The highest BCUT2D eigenvalue weighted by Crippen LogP contribution is 2.45. The molecule has 3 N–H and O–H groups in total. The van der Waals surface area contributed by atoms with Crippen LogP contribution in [-0.2, 0) is 0 Å². The molecular weight excluding hydrogens is 377 g/mol. The van der Waals surface area contributed by atoms with Gasteiger partial charge in [-0.2, -0.15) is 0 Å². The number of fused-ring (bicyclic) bond motifs is 1. The highest BCUT2D eigenvalue weighted by Gasteiger charge is 2.36. The minimum absolute atomic E-state index is 0.0322. The monoisotopic (exact) mass is 403 g/mol. The van der Waals surface area contributed by atoms with E-state index in [1.165, 1.54) is 13.3 Å². The van der Waals surface area contributed by atoms with Crippen LogP contribution in [0.4, 0.5) is 10.1 Å². The summed E-state index contributed by atoms with van der Waals surface area (Å²) in [6, 6.07) is 1.24. The average Bonchev–Trinajstić information content (AvgIpc) is 3.36. The Bertz CT molecular complexity index is 1050. The molecule has 0 radical (unpaired) electrons. The van der Waals surface area contributed by atoms with Crippen molar-refractivity contribution in [3.63, 3.8) is 0 Å². The molecule has 1 aliphatic heterocycles. The summed E-state index contributed by atoms with van der Waals surface area (Å²) in [5.41, 5.74) is 5.59. The fourth-order valence-electron chi connectivity index (χ4n) is 4.29. The van der Waals surface area contributed by atoms with Crippen LogP contribution < -0.4 is 20.8 Å². The number of pyridine rings is 1. The Balaban J connectivity index is 1.95. The molecule has 0 amide bonds. The predicted molar refractivity (Wildman–Crippen MR) is 109 cm³/mol. The molecule has 0 bridgehead atoms. The normalized spacial score (nSPS) is 19.8. The smallest absolute Gasteiger partial charge is 0.341 e. The number of nitrogens with two attached hydrogens (primary N) is 1. The summed E-state index contributed by atoms with van der Waals surface area (Å²) in [5.74, 6) is -1.44. The number of ether oxygens (including phenoxy) is 1. The van der Waals surface area contributed by atoms with Crippen LogP contribution in [-0.4, -0.2) is 41.4 Å². The highest BCUT2D eigenvalue weighted by atomic mass is 19.1. The lowest BCUT2D eigenvalue weighted by Gasteiger charge is -2.28. The summed E-state index contributed by atoms with van der Waals surface area (Å²) in [6.07, 6.45) is 3.95. The van der Waals surface area contributed by atoms with Gasteiger partial charge in [0, 0.05) is 30.9 Å². The van der Waals surface area contributed by atoms with Gasteiger partial charge in [0.05, 0.1) is 18.0 Å². The molecule has 2 fully saturated rings. The summed E-state index contributed by atoms with van der Waals surface area (Å²) < 4.78 is 22.6. The number of carboxylic acids is 1. The van der Waals surface area contributed by atoms with Crippen molar-refractivity contribution in [2.24, 2.45) is 11.7 Å². The summed E-state index contributed by atoms with van der Waals surface area (Å²) in [6.45, 7) is 5.15. The molecule has 2 aliphatic rings. The van der Waals surface area contributed by atoms with E-state index < -0.39 is 17.2 Å². The summed E-state index contributed by atoms with van der Waals surface area (Å²) >= 11 is 0. The first-order valence-electron chi connectivity index (χ1n) is 9.86. The number of aromatic nitrogens is 1. The van der Waals surface area contributed by atoms with Gasteiger partial charge >= 0.3 is 5.97 Å². The number of methoxy groups -OCH3 is 1. The number of anilines is 1. The van der Waals surface area contributed by atoms with Crippen LogP contribution in [0.25, 0.3) is 10.9 Å². The predicted octanol–water partition coefficient (Wildman–Crippen LogP) is 2.75. The quantitative estimate of drug-likeness (QED) is 0.797. The van der Waals surface area contributed by atoms with Crippen LogP contribution in [0.3, 0.4) is 0 Å². The first kappa shape index (κ1) is 19.7. The van der Waals surface area contributed by atoms with Gasteiger partial charge in [-0.25, -0.2) is 9.18 Å². The van der Waals surface area contributed by atoms with E-state index in [1.807, 2.05) is 18.7 Å². The van der Waals surface area contributed by atoms with E-state index in [0.29, 0.717) is 24.3 Å². The molecule has 7 nitrogen and oxygen atoms in total. The van der Waals surface area contributed by atoms with E-state index in [0.717, 1.165) is 25.3 Å². The second kappa shape index (κ2) is 6.73. The number of carboxylic acid groups (broad SMARTS) is 1. The molecule has 1 atom stereocenters. The maximum Gasteiger partial charge on any atom is 0.341 e. The van der Waals surface area contributed by atoms with Crippen LogP contribution >= 0.6 is 0 Å². The second-order valence-corrected chi connectivity index (χ2v) is 8.70. The molecule has 156 valence electrons. The van der Waals surface area contributed by atoms with E-state index >= 15 is 4.39 Å². The van der Waals surface area contributed by atoms with Gasteiger partial charge in [0.1, 0.15) is 11.3 Å². The zero-order chi connectivity index (χ0) is 21.1. The third-order valence-corrected chi connectivity index (χ3v) is 6.13. The van der Waals surface area contributed by atoms with Crippen molar-refractivity contribution >= 4 is 22.6 Å². The number of halogens is 1. The van der Waals surface area contributed by atoms with Gasteiger partial charge in [0.25, 0.3) is 0 Å². The maximum absolute atomic E-state index is 15.3. The summed E-state index contributed by atoms with van der Waals surface area (Å²) in [7, 11) is 1.45. The number of aromatic carboxylic acids is 1. The van der Waals surface area contributed by atoms with Crippen LogP contribution in [0.5, 0.6) is 5.75 Å². The van der Waals surface area contributed by atoms with Crippen molar-refractivity contribution in [2.45, 2.75) is 44.7 Å². The van der Waals surface area contributed by atoms with Gasteiger partial charge in [0.15, 0.2) is 11.6 Å². The fourth-order valence-corrected chi connectivity index (χ4v) is 4.29. The second-order valence-electron chi connectivity index (χ2n) is 8.70. The number of nitrogens with zero attached hydrogens (tertiary/aromatic N) is 2. The lowest BCUT2D eigenvalue weighted by atomic mass is 9.88. The van der Waals surface area contributed by atoms with Crippen molar-refractivity contribution in [1.29, 1.82) is 0 Å². The zero-order valence-corrected chi connectivity index (χ0v) is 16.9. The van der Waals surface area contributed by atoms with Crippen molar-refractivity contribution in [1.82, 2.24) is 4.57 Å². The molecule has 1 aromatic carbocycles. The minimum Gasteiger partial charge on any atom is -0.492 e. The van der Waals surface area contributed by atoms with Gasteiger partial charge in [-0.05, 0) is 45.1 Å². The molecule has 4 rings (SSSR count). The van der Waals surface area contributed by atoms with E-state index in [1.54, 1.807) is 4.57 Å². The Hall–Kier alpha value is -2.61. The Morgan fingerprint density at radius 1 is 1.34 bits per heavy atom.